The molecule has 4 heterocycles. The second-order valence-electron chi connectivity index (χ2n) is 6.38. The molecule has 0 unspecified atom stereocenters. The van der Waals surface area contributed by atoms with Crippen LogP contribution in [0.2, 0.25) is 0 Å². The highest BCUT2D eigenvalue weighted by atomic mass is 16.3. The number of rotatable bonds is 4. The summed E-state index contributed by atoms with van der Waals surface area (Å²) in [5.41, 5.74) is 2.59. The Hall–Kier alpha value is -3.42. The van der Waals surface area contributed by atoms with Crippen molar-refractivity contribution in [3.8, 4) is 17.1 Å². The molecule has 27 heavy (non-hydrogen) atoms. The van der Waals surface area contributed by atoms with Gasteiger partial charge in [-0.2, -0.15) is 5.10 Å². The molecule has 8 nitrogen and oxygen atoms in total. The number of nitrogens with zero attached hydrogens (tertiary/aromatic N) is 6. The lowest BCUT2D eigenvalue weighted by Crippen LogP contribution is -2.35. The first-order valence-electron chi connectivity index (χ1n) is 8.86. The third-order valence-corrected chi connectivity index (χ3v) is 4.58. The summed E-state index contributed by atoms with van der Waals surface area (Å²) < 4.78 is 1.65. The molecule has 0 saturated carbocycles. The lowest BCUT2D eigenvalue weighted by molar-refractivity contribution is 0.0718. The van der Waals surface area contributed by atoms with Crippen LogP contribution in [0.1, 0.15) is 29.8 Å². The first kappa shape index (κ1) is 17.0. The number of carbonyl (C=O) groups is 1. The topological polar surface area (TPSA) is 93.3 Å². The van der Waals surface area contributed by atoms with Crippen molar-refractivity contribution in [1.29, 1.82) is 0 Å². The van der Waals surface area contributed by atoms with Crippen LogP contribution in [0.5, 0.6) is 0 Å². The molecule has 0 bridgehead atoms. The number of hydrogen-bond donors (Lipinski definition) is 0. The quantitative estimate of drug-likeness (QED) is 0.664. The van der Waals surface area contributed by atoms with Gasteiger partial charge in [-0.15, -0.1) is 4.91 Å². The average molecular weight is 362 g/mol. The average Bonchev–Trinajstić information content (AvgIpc) is 3.20. The molecule has 3 aromatic rings. The molecule has 0 aliphatic carbocycles. The Labute approximate surface area is 155 Å². The zero-order valence-corrected chi connectivity index (χ0v) is 14.7. The van der Waals surface area contributed by atoms with Crippen LogP contribution in [-0.2, 0) is 0 Å². The zero-order valence-electron chi connectivity index (χ0n) is 14.7. The van der Waals surface area contributed by atoms with Crippen molar-refractivity contribution in [2.24, 2.45) is 5.18 Å². The van der Waals surface area contributed by atoms with Crippen molar-refractivity contribution in [1.82, 2.24) is 24.6 Å². The number of aromatic nitrogens is 4. The van der Waals surface area contributed by atoms with Crippen LogP contribution < -0.4 is 0 Å². The van der Waals surface area contributed by atoms with Gasteiger partial charge in [0.1, 0.15) is 5.69 Å². The maximum atomic E-state index is 12.9. The molecule has 1 fully saturated rings. The van der Waals surface area contributed by atoms with Gasteiger partial charge in [0.05, 0.1) is 29.5 Å². The van der Waals surface area contributed by atoms with Crippen molar-refractivity contribution in [3.63, 3.8) is 0 Å². The minimum Gasteiger partial charge on any atom is -0.337 e. The van der Waals surface area contributed by atoms with Crippen molar-refractivity contribution in [3.05, 3.63) is 59.5 Å². The van der Waals surface area contributed by atoms with E-state index in [9.17, 15) is 9.70 Å². The van der Waals surface area contributed by atoms with E-state index >= 15 is 0 Å². The summed E-state index contributed by atoms with van der Waals surface area (Å²) in [7, 11) is 0. The van der Waals surface area contributed by atoms with E-state index in [-0.39, 0.29) is 11.6 Å². The second kappa shape index (κ2) is 7.45. The molecule has 4 rings (SSSR count). The normalized spacial score (nSPS) is 14.1. The van der Waals surface area contributed by atoms with Gasteiger partial charge in [0.25, 0.3) is 5.91 Å². The van der Waals surface area contributed by atoms with Crippen molar-refractivity contribution >= 4 is 11.6 Å². The number of carbonyl (C=O) groups excluding carboxylic acids is 1. The van der Waals surface area contributed by atoms with E-state index in [0.717, 1.165) is 38.0 Å². The van der Waals surface area contributed by atoms with E-state index in [4.69, 9.17) is 0 Å². The fourth-order valence-corrected chi connectivity index (χ4v) is 3.19. The highest BCUT2D eigenvalue weighted by molar-refractivity contribution is 5.93. The van der Waals surface area contributed by atoms with Crippen LogP contribution in [0, 0.1) is 4.91 Å². The molecule has 0 atom stereocenters. The summed E-state index contributed by atoms with van der Waals surface area (Å²) >= 11 is 0. The Kier molecular flexibility index (Phi) is 4.69. The first-order chi connectivity index (χ1) is 13.3. The largest absolute Gasteiger partial charge is 0.337 e. The molecular weight excluding hydrogens is 344 g/mol. The maximum Gasteiger partial charge on any atom is 0.274 e. The Morgan fingerprint density at radius 3 is 2.59 bits per heavy atom. The third kappa shape index (κ3) is 3.46. The Morgan fingerprint density at radius 1 is 1.07 bits per heavy atom. The number of likely N-dealkylation sites (tertiary alicyclic amines) is 1. The summed E-state index contributed by atoms with van der Waals surface area (Å²) in [6.07, 6.45) is 7.94. The Balaban J connectivity index is 1.77. The summed E-state index contributed by atoms with van der Waals surface area (Å²) in [4.78, 5) is 33.8. The fourth-order valence-electron chi connectivity index (χ4n) is 3.19. The number of nitroso groups, excluding NO2 is 1. The van der Waals surface area contributed by atoms with Crippen molar-refractivity contribution in [2.75, 3.05) is 13.1 Å². The van der Waals surface area contributed by atoms with E-state index < -0.39 is 0 Å². The van der Waals surface area contributed by atoms with Gasteiger partial charge in [0, 0.05) is 19.3 Å². The van der Waals surface area contributed by atoms with Gasteiger partial charge in [0.15, 0.2) is 5.69 Å². The predicted octanol–water partition coefficient (Wildman–Crippen LogP) is 3.35. The molecule has 0 N–H and O–H groups in total. The van der Waals surface area contributed by atoms with Crippen LogP contribution in [0.3, 0.4) is 0 Å². The Morgan fingerprint density at radius 2 is 1.93 bits per heavy atom. The summed E-state index contributed by atoms with van der Waals surface area (Å²) in [6, 6.07) is 8.68. The van der Waals surface area contributed by atoms with Crippen molar-refractivity contribution < 1.29 is 4.79 Å². The van der Waals surface area contributed by atoms with Gasteiger partial charge in [-0.25, -0.2) is 4.68 Å². The van der Waals surface area contributed by atoms with E-state index in [2.05, 4.69) is 20.2 Å². The molecule has 0 spiro atoms. The van der Waals surface area contributed by atoms with Gasteiger partial charge in [-0.05, 0) is 54.8 Å². The molecule has 8 heteroatoms. The van der Waals surface area contributed by atoms with E-state index in [1.165, 1.54) is 6.20 Å². The third-order valence-electron chi connectivity index (χ3n) is 4.58. The van der Waals surface area contributed by atoms with Gasteiger partial charge in [-0.3, -0.25) is 14.8 Å². The SMILES string of the molecule is O=Nc1ccc(-c2cc(C(=O)N3CCCCC3)nn2-c2cccnc2)nc1. The molecule has 0 radical (unpaired) electrons. The Bertz CT molecular complexity index is 946. The van der Waals surface area contributed by atoms with E-state index in [1.807, 2.05) is 11.0 Å². The second-order valence-corrected chi connectivity index (χ2v) is 6.38. The first-order valence-corrected chi connectivity index (χ1v) is 8.86. The number of hydrogen-bond acceptors (Lipinski definition) is 6. The van der Waals surface area contributed by atoms with Crippen LogP contribution in [0.4, 0.5) is 5.69 Å². The van der Waals surface area contributed by atoms with Gasteiger partial charge < -0.3 is 4.90 Å². The molecule has 1 aliphatic rings. The summed E-state index contributed by atoms with van der Waals surface area (Å²) in [6.45, 7) is 1.51. The fraction of sp³-hybridized carbons (Fsp3) is 0.263. The van der Waals surface area contributed by atoms with Crippen LogP contribution in [-0.4, -0.2) is 43.6 Å². The number of amides is 1. The maximum absolute atomic E-state index is 12.9. The summed E-state index contributed by atoms with van der Waals surface area (Å²) in [5.74, 6) is -0.0789. The molecule has 1 aliphatic heterocycles. The van der Waals surface area contributed by atoms with Crippen LogP contribution >= 0.6 is 0 Å². The lowest BCUT2D eigenvalue weighted by Gasteiger charge is -2.25. The molecule has 136 valence electrons. The van der Waals surface area contributed by atoms with Crippen molar-refractivity contribution in [2.45, 2.75) is 19.3 Å². The van der Waals surface area contributed by atoms with Crippen LogP contribution in [0.15, 0.2) is 54.1 Å². The smallest absolute Gasteiger partial charge is 0.274 e. The molecular formula is C19H18N6O2. The monoisotopic (exact) mass is 362 g/mol. The van der Waals surface area contributed by atoms with E-state index in [0.29, 0.717) is 17.1 Å². The van der Waals surface area contributed by atoms with Gasteiger partial charge in [-0.1, -0.05) is 0 Å². The summed E-state index contributed by atoms with van der Waals surface area (Å²) in [5, 5.41) is 7.41. The highest BCUT2D eigenvalue weighted by Crippen LogP contribution is 2.25. The minimum absolute atomic E-state index is 0.0789. The molecule has 0 aromatic carbocycles. The van der Waals surface area contributed by atoms with Gasteiger partial charge >= 0.3 is 0 Å². The minimum atomic E-state index is -0.0789. The standard InChI is InChI=1S/C19H18N6O2/c26-19(24-9-2-1-3-10-24)17-11-18(16-7-6-14(23-27)12-21-16)25(22-17)15-5-4-8-20-13-15/h4-8,11-13H,1-3,9-10H2. The number of pyridine rings is 2. The number of piperidine rings is 1. The molecule has 1 amide bonds. The molecule has 1 saturated heterocycles. The highest BCUT2D eigenvalue weighted by Gasteiger charge is 2.23. The predicted molar refractivity (Wildman–Crippen MR) is 99.8 cm³/mol. The molecule has 3 aromatic heterocycles. The lowest BCUT2D eigenvalue weighted by atomic mass is 10.1. The zero-order chi connectivity index (χ0) is 18.6. The van der Waals surface area contributed by atoms with E-state index in [1.54, 1.807) is 41.3 Å². The van der Waals surface area contributed by atoms with Crippen LogP contribution in [0.25, 0.3) is 17.1 Å². The van der Waals surface area contributed by atoms with Gasteiger partial charge in [0.2, 0.25) is 0 Å².